The first-order valence-corrected chi connectivity index (χ1v) is 9.65. The highest BCUT2D eigenvalue weighted by Crippen LogP contribution is 2.49. The van der Waals surface area contributed by atoms with Crippen LogP contribution < -0.4 is 0 Å². The Hall–Kier alpha value is -3.71. The Kier molecular flexibility index (Phi) is 2.54. The predicted molar refractivity (Wildman–Crippen MR) is 119 cm³/mol. The fourth-order valence-electron chi connectivity index (χ4n) is 4.94. The number of hydrogen-bond donors (Lipinski definition) is 0. The molecule has 1 nitrogen and oxygen atoms in total. The number of hydrogen-bond acceptors (Lipinski definition) is 1. The summed E-state index contributed by atoms with van der Waals surface area (Å²) < 4.78 is 0. The van der Waals surface area contributed by atoms with Crippen LogP contribution in [0.4, 0.5) is 0 Å². The Morgan fingerprint density at radius 1 is 0.464 bits per heavy atom. The number of benzene rings is 5. The summed E-state index contributed by atoms with van der Waals surface area (Å²) in [6, 6.07) is 30.8. The van der Waals surface area contributed by atoms with E-state index in [4.69, 9.17) is 4.98 Å². The Labute approximate surface area is 161 Å². The first-order valence-electron chi connectivity index (χ1n) is 9.65. The molecule has 0 bridgehead atoms. The maximum Gasteiger partial charge on any atom is 0.0714 e. The third-order valence-corrected chi connectivity index (χ3v) is 6.20. The molecule has 0 N–H and O–H groups in total. The van der Waals surface area contributed by atoms with E-state index in [0.29, 0.717) is 0 Å². The summed E-state index contributed by atoms with van der Waals surface area (Å²) in [5.41, 5.74) is 4.94. The number of pyridine rings is 1. The molecule has 7 rings (SSSR count). The van der Waals surface area contributed by atoms with Crippen LogP contribution in [-0.4, -0.2) is 4.98 Å². The molecule has 0 atom stereocenters. The first-order chi connectivity index (χ1) is 13.9. The topological polar surface area (TPSA) is 12.9 Å². The lowest BCUT2D eigenvalue weighted by Gasteiger charge is -2.10. The van der Waals surface area contributed by atoms with E-state index in [1.807, 2.05) is 6.20 Å². The van der Waals surface area contributed by atoms with Crippen LogP contribution in [0.1, 0.15) is 0 Å². The molecule has 0 radical (unpaired) electrons. The van der Waals surface area contributed by atoms with E-state index in [0.717, 1.165) is 5.69 Å². The number of aromatic nitrogens is 1. The molecule has 1 aliphatic rings. The fourth-order valence-corrected chi connectivity index (χ4v) is 4.94. The lowest BCUT2D eigenvalue weighted by Crippen LogP contribution is -1.87. The van der Waals surface area contributed by atoms with Gasteiger partial charge in [0.1, 0.15) is 0 Å². The van der Waals surface area contributed by atoms with Crippen LogP contribution in [0, 0.1) is 0 Å². The molecule has 0 fully saturated rings. The van der Waals surface area contributed by atoms with E-state index in [1.54, 1.807) is 0 Å². The number of rotatable bonds is 1. The van der Waals surface area contributed by atoms with Crippen molar-refractivity contribution in [1.29, 1.82) is 0 Å². The second kappa shape index (κ2) is 4.96. The van der Waals surface area contributed by atoms with Crippen molar-refractivity contribution in [2.75, 3.05) is 0 Å². The van der Waals surface area contributed by atoms with Crippen molar-refractivity contribution in [2.24, 2.45) is 0 Å². The lowest BCUT2D eigenvalue weighted by molar-refractivity contribution is 1.36. The van der Waals surface area contributed by atoms with Crippen molar-refractivity contribution in [3.63, 3.8) is 0 Å². The molecule has 1 heterocycles. The highest BCUT2D eigenvalue weighted by atomic mass is 14.7. The van der Waals surface area contributed by atoms with Gasteiger partial charge in [-0.2, -0.15) is 0 Å². The molecule has 0 aliphatic heterocycles. The van der Waals surface area contributed by atoms with E-state index in [9.17, 15) is 0 Å². The van der Waals surface area contributed by atoms with Gasteiger partial charge < -0.3 is 0 Å². The van der Waals surface area contributed by atoms with Gasteiger partial charge >= 0.3 is 0 Å². The predicted octanol–water partition coefficient (Wildman–Crippen LogP) is 7.34. The molecule has 0 saturated heterocycles. The summed E-state index contributed by atoms with van der Waals surface area (Å²) in [6.07, 6.45) is 1.98. The summed E-state index contributed by atoms with van der Waals surface area (Å²) in [5.74, 6) is 0. The van der Waals surface area contributed by atoms with Crippen LogP contribution in [0.3, 0.4) is 0 Å². The van der Waals surface area contributed by atoms with Crippen molar-refractivity contribution >= 4 is 43.1 Å². The number of nitrogens with zero attached hydrogens (tertiary/aromatic N) is 1. The van der Waals surface area contributed by atoms with E-state index in [2.05, 4.69) is 84.9 Å². The van der Waals surface area contributed by atoms with Crippen molar-refractivity contribution in [3.05, 3.63) is 91.1 Å². The fraction of sp³-hybridized carbons (Fsp3) is 0. The van der Waals surface area contributed by atoms with Gasteiger partial charge in [0, 0.05) is 17.1 Å². The third kappa shape index (κ3) is 1.69. The Morgan fingerprint density at radius 3 is 2.11 bits per heavy atom. The van der Waals surface area contributed by atoms with E-state index in [-0.39, 0.29) is 0 Å². The van der Waals surface area contributed by atoms with Crippen LogP contribution in [0.15, 0.2) is 91.1 Å². The van der Waals surface area contributed by atoms with Gasteiger partial charge in [-0.15, -0.1) is 0 Å². The minimum absolute atomic E-state index is 1.03. The van der Waals surface area contributed by atoms with E-state index >= 15 is 0 Å². The standard InChI is InChI=1S/C27H15N/c1-2-5-19-15-28-24(14-18(19)4-1)20-12-13-23-21-7-3-6-16-8-9-17-10-11-22(20)27(23)26(17)25(16)21/h1-15H. The summed E-state index contributed by atoms with van der Waals surface area (Å²) in [5, 5.41) is 10.5. The van der Waals surface area contributed by atoms with E-state index in [1.165, 1.54) is 59.8 Å². The quantitative estimate of drug-likeness (QED) is 0.281. The largest absolute Gasteiger partial charge is 0.256 e. The zero-order valence-corrected chi connectivity index (χ0v) is 15.1. The zero-order chi connectivity index (χ0) is 18.2. The highest BCUT2D eigenvalue weighted by Gasteiger charge is 2.21. The van der Waals surface area contributed by atoms with Crippen molar-refractivity contribution in [2.45, 2.75) is 0 Å². The molecule has 0 saturated carbocycles. The zero-order valence-electron chi connectivity index (χ0n) is 15.1. The molecular formula is C27H15N. The van der Waals surface area contributed by atoms with Crippen molar-refractivity contribution in [3.8, 4) is 22.4 Å². The van der Waals surface area contributed by atoms with Gasteiger partial charge in [-0.05, 0) is 54.9 Å². The van der Waals surface area contributed by atoms with Crippen LogP contribution in [0.25, 0.3) is 65.5 Å². The molecular weight excluding hydrogens is 338 g/mol. The Bertz CT molecular complexity index is 1610. The van der Waals surface area contributed by atoms with Gasteiger partial charge in [-0.3, -0.25) is 4.98 Å². The third-order valence-electron chi connectivity index (χ3n) is 6.20. The molecule has 1 heteroatoms. The van der Waals surface area contributed by atoms with Gasteiger partial charge in [0.15, 0.2) is 0 Å². The lowest BCUT2D eigenvalue weighted by atomic mass is 9.95. The Morgan fingerprint density at radius 2 is 1.18 bits per heavy atom. The van der Waals surface area contributed by atoms with Gasteiger partial charge in [0.2, 0.25) is 0 Å². The molecule has 128 valence electrons. The minimum Gasteiger partial charge on any atom is -0.256 e. The van der Waals surface area contributed by atoms with Crippen molar-refractivity contribution < 1.29 is 0 Å². The van der Waals surface area contributed by atoms with Crippen LogP contribution in [0.2, 0.25) is 0 Å². The van der Waals surface area contributed by atoms with Gasteiger partial charge in [-0.1, -0.05) is 78.9 Å². The smallest absolute Gasteiger partial charge is 0.0714 e. The minimum atomic E-state index is 1.03. The average Bonchev–Trinajstić information content (AvgIpc) is 3.11. The monoisotopic (exact) mass is 353 g/mol. The maximum atomic E-state index is 4.80. The highest BCUT2D eigenvalue weighted by molar-refractivity contribution is 6.34. The summed E-state index contributed by atoms with van der Waals surface area (Å²) in [7, 11) is 0. The molecule has 0 amide bonds. The van der Waals surface area contributed by atoms with Crippen LogP contribution in [-0.2, 0) is 0 Å². The van der Waals surface area contributed by atoms with Crippen molar-refractivity contribution in [1.82, 2.24) is 4.98 Å². The second-order valence-electron chi connectivity index (χ2n) is 7.63. The first kappa shape index (κ1) is 14.4. The Balaban J connectivity index is 1.63. The summed E-state index contributed by atoms with van der Waals surface area (Å²) in [6.45, 7) is 0. The molecule has 0 unspecified atom stereocenters. The van der Waals surface area contributed by atoms with Gasteiger partial charge in [0.05, 0.1) is 5.69 Å². The molecule has 1 aromatic heterocycles. The number of fused-ring (bicyclic) bond motifs is 2. The second-order valence-corrected chi connectivity index (χ2v) is 7.63. The van der Waals surface area contributed by atoms with Crippen LogP contribution >= 0.6 is 0 Å². The normalized spacial score (nSPS) is 12.3. The van der Waals surface area contributed by atoms with Gasteiger partial charge in [-0.25, -0.2) is 0 Å². The molecule has 0 spiro atoms. The maximum absolute atomic E-state index is 4.80. The van der Waals surface area contributed by atoms with Gasteiger partial charge in [0.25, 0.3) is 0 Å². The SMILES string of the molecule is c1ccc2cc(-c3ccc4c5c3ccc3ccc6cccc-4c6c35)ncc2c1. The summed E-state index contributed by atoms with van der Waals surface area (Å²) in [4.78, 5) is 4.80. The molecule has 6 aromatic rings. The van der Waals surface area contributed by atoms with E-state index < -0.39 is 0 Å². The average molecular weight is 353 g/mol. The molecule has 5 aromatic carbocycles. The molecule has 28 heavy (non-hydrogen) atoms. The summed E-state index contributed by atoms with van der Waals surface area (Å²) >= 11 is 0. The van der Waals surface area contributed by atoms with Crippen LogP contribution in [0.5, 0.6) is 0 Å². The molecule has 1 aliphatic carbocycles.